The van der Waals surface area contributed by atoms with Gasteiger partial charge in [-0.05, 0) is 42.0 Å². The summed E-state index contributed by atoms with van der Waals surface area (Å²) in [6.45, 7) is 2.54. The molecule has 0 aliphatic carbocycles. The summed E-state index contributed by atoms with van der Waals surface area (Å²) in [5.74, 6) is 0.150. The number of aryl methyl sites for hydroxylation is 1. The first kappa shape index (κ1) is 19.2. The summed E-state index contributed by atoms with van der Waals surface area (Å²) in [5, 5.41) is 2.93. The Morgan fingerprint density at radius 2 is 2.18 bits per heavy atom. The van der Waals surface area contributed by atoms with Gasteiger partial charge in [0.25, 0.3) is 0 Å². The second-order valence-electron chi connectivity index (χ2n) is 7.28. The van der Waals surface area contributed by atoms with Crippen LogP contribution in [-0.2, 0) is 34.0 Å². The molecule has 2 aromatic heterocycles. The highest BCUT2D eigenvalue weighted by Crippen LogP contribution is 2.26. The van der Waals surface area contributed by atoms with Crippen LogP contribution >= 0.6 is 11.3 Å². The zero-order valence-electron chi connectivity index (χ0n) is 15.8. The van der Waals surface area contributed by atoms with Crippen molar-refractivity contribution in [2.24, 2.45) is 0 Å². The number of fused-ring (bicyclic) bond motifs is 1. The van der Waals surface area contributed by atoms with Crippen LogP contribution < -0.4 is 0 Å². The summed E-state index contributed by atoms with van der Waals surface area (Å²) in [6, 6.07) is 9.72. The van der Waals surface area contributed by atoms with E-state index in [0.29, 0.717) is 13.0 Å². The minimum atomic E-state index is -3.07. The van der Waals surface area contributed by atoms with Gasteiger partial charge < -0.3 is 9.32 Å². The van der Waals surface area contributed by atoms with Crippen LogP contribution in [0.25, 0.3) is 11.0 Å². The van der Waals surface area contributed by atoms with E-state index >= 15 is 0 Å². The molecule has 3 aromatic rings. The first-order valence-electron chi connectivity index (χ1n) is 9.46. The zero-order valence-corrected chi connectivity index (χ0v) is 17.4. The molecular formula is C21H23NO4S2. The van der Waals surface area contributed by atoms with E-state index in [1.165, 1.54) is 5.56 Å². The predicted molar refractivity (Wildman–Crippen MR) is 111 cm³/mol. The van der Waals surface area contributed by atoms with Crippen molar-refractivity contribution in [1.82, 2.24) is 4.90 Å². The minimum absolute atomic E-state index is 0.0518. The molecule has 1 aliphatic heterocycles. The van der Waals surface area contributed by atoms with Crippen LogP contribution in [0.3, 0.4) is 0 Å². The van der Waals surface area contributed by atoms with Crippen molar-refractivity contribution in [2.45, 2.75) is 38.8 Å². The van der Waals surface area contributed by atoms with E-state index in [1.54, 1.807) is 22.5 Å². The van der Waals surface area contributed by atoms with Crippen molar-refractivity contribution in [1.29, 1.82) is 0 Å². The van der Waals surface area contributed by atoms with Gasteiger partial charge in [-0.3, -0.25) is 4.79 Å². The van der Waals surface area contributed by atoms with E-state index in [2.05, 4.69) is 13.0 Å². The van der Waals surface area contributed by atoms with Crippen LogP contribution in [0.5, 0.6) is 0 Å². The van der Waals surface area contributed by atoms with Crippen molar-refractivity contribution >= 4 is 38.1 Å². The quantitative estimate of drug-likeness (QED) is 0.612. The van der Waals surface area contributed by atoms with E-state index in [9.17, 15) is 13.2 Å². The summed E-state index contributed by atoms with van der Waals surface area (Å²) in [4.78, 5) is 16.0. The molecule has 1 aliphatic rings. The molecule has 1 saturated heterocycles. The van der Waals surface area contributed by atoms with Crippen LogP contribution in [0.15, 0.2) is 46.4 Å². The number of furan rings is 1. The zero-order chi connectivity index (χ0) is 19.7. The second kappa shape index (κ2) is 7.72. The summed E-state index contributed by atoms with van der Waals surface area (Å²) < 4.78 is 29.6. The third-order valence-corrected chi connectivity index (χ3v) is 7.96. The molecule has 0 bridgehead atoms. The largest absolute Gasteiger partial charge is 0.464 e. The van der Waals surface area contributed by atoms with Gasteiger partial charge in [0, 0.05) is 21.9 Å². The number of rotatable bonds is 6. The first-order valence-corrected chi connectivity index (χ1v) is 12.2. The van der Waals surface area contributed by atoms with E-state index < -0.39 is 9.84 Å². The fraction of sp³-hybridized carbons (Fsp3) is 0.381. The molecule has 3 heterocycles. The molecule has 4 rings (SSSR count). The Labute approximate surface area is 168 Å². The van der Waals surface area contributed by atoms with Crippen molar-refractivity contribution in [3.05, 3.63) is 58.0 Å². The van der Waals surface area contributed by atoms with Crippen LogP contribution in [-0.4, -0.2) is 36.8 Å². The molecule has 7 heteroatoms. The topological polar surface area (TPSA) is 67.6 Å². The number of carbonyl (C=O) groups excluding carboxylic acids is 1. The summed E-state index contributed by atoms with van der Waals surface area (Å²) in [5.41, 5.74) is 2.82. The number of amides is 1. The van der Waals surface area contributed by atoms with Crippen LogP contribution in [0, 0.1) is 0 Å². The fourth-order valence-electron chi connectivity index (χ4n) is 3.76. The Morgan fingerprint density at radius 3 is 2.86 bits per heavy atom. The SMILES string of the molecule is CCc1ccc2occ(CC(=O)N(Cc3cccs3)[C@H]3CCS(=O)(=O)C3)c2c1. The number of thiophene rings is 1. The van der Waals surface area contributed by atoms with Gasteiger partial charge in [-0.15, -0.1) is 11.3 Å². The molecule has 0 spiro atoms. The highest BCUT2D eigenvalue weighted by atomic mass is 32.2. The number of hydrogen-bond acceptors (Lipinski definition) is 5. The van der Waals surface area contributed by atoms with Gasteiger partial charge in [0.15, 0.2) is 9.84 Å². The van der Waals surface area contributed by atoms with Gasteiger partial charge in [-0.1, -0.05) is 19.1 Å². The maximum absolute atomic E-state index is 13.2. The Bertz CT molecular complexity index is 1080. The molecule has 1 aromatic carbocycles. The molecule has 28 heavy (non-hydrogen) atoms. The summed E-state index contributed by atoms with van der Waals surface area (Å²) >= 11 is 1.58. The highest BCUT2D eigenvalue weighted by molar-refractivity contribution is 7.91. The molecule has 0 unspecified atom stereocenters. The van der Waals surface area contributed by atoms with Gasteiger partial charge in [0.2, 0.25) is 5.91 Å². The standard InChI is InChI=1S/C21H23NO4S2/c1-2-15-5-6-20-19(10-15)16(13-26-20)11-21(23)22(12-18-4-3-8-27-18)17-7-9-28(24,25)14-17/h3-6,8,10,13,17H,2,7,9,11-12,14H2,1H3/t17-/m0/s1. The predicted octanol–water partition coefficient (Wildman–Crippen LogP) is 3.82. The molecule has 5 nitrogen and oxygen atoms in total. The lowest BCUT2D eigenvalue weighted by Gasteiger charge is -2.28. The lowest BCUT2D eigenvalue weighted by Crippen LogP contribution is -2.41. The summed E-state index contributed by atoms with van der Waals surface area (Å²) in [6.07, 6.45) is 3.28. The Hall–Kier alpha value is -2.12. The monoisotopic (exact) mass is 417 g/mol. The highest BCUT2D eigenvalue weighted by Gasteiger charge is 2.35. The van der Waals surface area contributed by atoms with Crippen molar-refractivity contribution in [2.75, 3.05) is 11.5 Å². The van der Waals surface area contributed by atoms with Crippen LogP contribution in [0.2, 0.25) is 0 Å². The van der Waals surface area contributed by atoms with Gasteiger partial charge in [-0.2, -0.15) is 0 Å². The maximum atomic E-state index is 13.2. The number of carbonyl (C=O) groups is 1. The number of hydrogen-bond donors (Lipinski definition) is 0. The molecule has 1 amide bonds. The average molecular weight is 418 g/mol. The van der Waals surface area contributed by atoms with Crippen molar-refractivity contribution in [3.63, 3.8) is 0 Å². The van der Waals surface area contributed by atoms with Crippen molar-refractivity contribution < 1.29 is 17.6 Å². The van der Waals surface area contributed by atoms with E-state index in [-0.39, 0.29) is 29.9 Å². The van der Waals surface area contributed by atoms with Crippen LogP contribution in [0.4, 0.5) is 0 Å². The number of sulfone groups is 1. The number of nitrogens with zero attached hydrogens (tertiary/aromatic N) is 1. The van der Waals surface area contributed by atoms with Gasteiger partial charge in [0.05, 0.1) is 30.7 Å². The smallest absolute Gasteiger partial charge is 0.227 e. The van der Waals surface area contributed by atoms with Crippen molar-refractivity contribution in [3.8, 4) is 0 Å². The van der Waals surface area contributed by atoms with Gasteiger partial charge in [-0.25, -0.2) is 8.42 Å². The second-order valence-corrected chi connectivity index (χ2v) is 10.5. The lowest BCUT2D eigenvalue weighted by molar-refractivity contribution is -0.133. The average Bonchev–Trinajstić information content (AvgIpc) is 3.40. The molecule has 148 valence electrons. The molecule has 1 atom stereocenters. The fourth-order valence-corrected chi connectivity index (χ4v) is 6.20. The Morgan fingerprint density at radius 1 is 1.32 bits per heavy atom. The number of benzene rings is 1. The Balaban J connectivity index is 1.60. The van der Waals surface area contributed by atoms with E-state index in [0.717, 1.165) is 27.8 Å². The van der Waals surface area contributed by atoms with E-state index in [1.807, 2.05) is 29.6 Å². The molecule has 1 fully saturated rings. The van der Waals surface area contributed by atoms with Gasteiger partial charge >= 0.3 is 0 Å². The third kappa shape index (κ3) is 4.00. The van der Waals surface area contributed by atoms with Gasteiger partial charge in [0.1, 0.15) is 5.58 Å². The molecule has 0 saturated carbocycles. The lowest BCUT2D eigenvalue weighted by atomic mass is 10.0. The molecular weight excluding hydrogens is 394 g/mol. The molecule has 0 N–H and O–H groups in total. The maximum Gasteiger partial charge on any atom is 0.227 e. The first-order chi connectivity index (χ1) is 13.4. The van der Waals surface area contributed by atoms with Crippen LogP contribution in [0.1, 0.15) is 29.3 Å². The normalized spacial score (nSPS) is 18.5. The molecule has 0 radical (unpaired) electrons. The Kier molecular flexibility index (Phi) is 5.29. The minimum Gasteiger partial charge on any atom is -0.464 e. The van der Waals surface area contributed by atoms with E-state index in [4.69, 9.17) is 4.42 Å². The summed E-state index contributed by atoms with van der Waals surface area (Å²) in [7, 11) is -3.07. The third-order valence-electron chi connectivity index (χ3n) is 5.34.